The predicted molar refractivity (Wildman–Crippen MR) is 84.7 cm³/mol. The van der Waals surface area contributed by atoms with E-state index < -0.39 is 0 Å². The molecule has 1 heterocycles. The zero-order valence-electron chi connectivity index (χ0n) is 12.4. The van der Waals surface area contributed by atoms with Gasteiger partial charge < -0.3 is 10.3 Å². The van der Waals surface area contributed by atoms with E-state index in [1.807, 2.05) is 25.1 Å². The van der Waals surface area contributed by atoms with E-state index in [0.29, 0.717) is 5.52 Å². The van der Waals surface area contributed by atoms with Crippen LogP contribution in [0, 0.1) is 12.7 Å². The maximum absolute atomic E-state index is 13.5. The second kappa shape index (κ2) is 4.88. The molecule has 0 saturated carbocycles. The predicted octanol–water partition coefficient (Wildman–Crippen LogP) is 4.31. The minimum absolute atomic E-state index is 0.219. The lowest BCUT2D eigenvalue weighted by Gasteiger charge is -2.15. The van der Waals surface area contributed by atoms with Crippen LogP contribution in [0.3, 0.4) is 0 Å². The number of halogens is 1. The van der Waals surface area contributed by atoms with Gasteiger partial charge in [-0.2, -0.15) is 0 Å². The van der Waals surface area contributed by atoms with Crippen molar-refractivity contribution in [3.8, 4) is 11.4 Å². The average Bonchev–Trinajstić information content (AvgIpc) is 2.80. The molecular weight excluding hydrogens is 265 g/mol. The van der Waals surface area contributed by atoms with E-state index in [9.17, 15) is 4.39 Å². The summed E-state index contributed by atoms with van der Waals surface area (Å²) in [6.07, 6.45) is 0. The van der Waals surface area contributed by atoms with Gasteiger partial charge >= 0.3 is 0 Å². The molecule has 2 N–H and O–H groups in total. The first-order valence-electron chi connectivity index (χ1n) is 7.02. The molecule has 108 valence electrons. The van der Waals surface area contributed by atoms with E-state index in [-0.39, 0.29) is 11.9 Å². The second-order valence-electron chi connectivity index (χ2n) is 5.55. The van der Waals surface area contributed by atoms with Gasteiger partial charge in [0.1, 0.15) is 11.6 Å². The third-order valence-corrected chi connectivity index (χ3v) is 3.78. The van der Waals surface area contributed by atoms with Gasteiger partial charge in [0.15, 0.2) is 0 Å². The van der Waals surface area contributed by atoms with Crippen molar-refractivity contribution in [2.24, 2.45) is 0 Å². The lowest BCUT2D eigenvalue weighted by atomic mass is 10.1. The van der Waals surface area contributed by atoms with Gasteiger partial charge in [-0.1, -0.05) is 12.1 Å². The van der Waals surface area contributed by atoms with Gasteiger partial charge in [-0.15, -0.1) is 0 Å². The molecule has 0 amide bonds. The number of hydrogen-bond donors (Lipinski definition) is 1. The Morgan fingerprint density at radius 3 is 2.67 bits per heavy atom. The molecule has 21 heavy (non-hydrogen) atoms. The fraction of sp³-hybridized carbons (Fsp3) is 0.235. The lowest BCUT2D eigenvalue weighted by molar-refractivity contribution is 0.620. The van der Waals surface area contributed by atoms with E-state index in [0.717, 1.165) is 28.2 Å². The molecule has 0 bridgehead atoms. The summed E-state index contributed by atoms with van der Waals surface area (Å²) in [6, 6.07) is 10.7. The number of nitrogen functional groups attached to an aromatic ring is 1. The van der Waals surface area contributed by atoms with Gasteiger partial charge in [-0.3, -0.25) is 0 Å². The number of nitrogens with zero attached hydrogens (tertiary/aromatic N) is 2. The first-order chi connectivity index (χ1) is 9.99. The summed E-state index contributed by atoms with van der Waals surface area (Å²) in [6.45, 7) is 6.17. The van der Waals surface area contributed by atoms with Crippen molar-refractivity contribution < 1.29 is 4.39 Å². The highest BCUT2D eigenvalue weighted by Gasteiger charge is 2.17. The molecule has 0 spiro atoms. The molecule has 0 aliphatic heterocycles. The molecule has 3 aromatic rings. The number of rotatable bonds is 2. The molecular formula is C17H18FN3. The summed E-state index contributed by atoms with van der Waals surface area (Å²) in [5.74, 6) is 0.558. The van der Waals surface area contributed by atoms with Crippen molar-refractivity contribution in [3.63, 3.8) is 0 Å². The van der Waals surface area contributed by atoms with Gasteiger partial charge in [0, 0.05) is 23.4 Å². The molecule has 1 aromatic heterocycles. The summed E-state index contributed by atoms with van der Waals surface area (Å²) in [5, 5.41) is 0. The zero-order valence-corrected chi connectivity index (χ0v) is 12.4. The Labute approximate surface area is 123 Å². The Kier molecular flexibility index (Phi) is 3.16. The molecule has 3 rings (SSSR count). The number of nitrogens with two attached hydrogens (primary N) is 1. The minimum Gasteiger partial charge on any atom is -0.398 e. The van der Waals surface area contributed by atoms with E-state index in [1.165, 1.54) is 12.1 Å². The molecule has 2 aromatic carbocycles. The Balaban J connectivity index is 2.36. The molecule has 0 radical (unpaired) electrons. The van der Waals surface area contributed by atoms with Gasteiger partial charge in [0.05, 0.1) is 11.0 Å². The first kappa shape index (κ1) is 13.6. The topological polar surface area (TPSA) is 43.8 Å². The molecule has 4 heteroatoms. The Bertz CT molecular complexity index is 818. The van der Waals surface area contributed by atoms with E-state index in [1.54, 1.807) is 6.07 Å². The number of anilines is 1. The summed E-state index contributed by atoms with van der Waals surface area (Å²) in [5.41, 5.74) is 10.3. The van der Waals surface area contributed by atoms with Crippen LogP contribution in [0.1, 0.15) is 25.5 Å². The number of fused-ring (bicyclic) bond motifs is 1. The maximum Gasteiger partial charge on any atom is 0.141 e. The van der Waals surface area contributed by atoms with Crippen molar-refractivity contribution >= 4 is 16.7 Å². The summed E-state index contributed by atoms with van der Waals surface area (Å²) in [7, 11) is 0. The molecule has 3 nitrogen and oxygen atoms in total. The van der Waals surface area contributed by atoms with Crippen LogP contribution in [0.4, 0.5) is 10.1 Å². The van der Waals surface area contributed by atoms with E-state index >= 15 is 0 Å². The number of aromatic nitrogens is 2. The van der Waals surface area contributed by atoms with Crippen LogP contribution in [0.2, 0.25) is 0 Å². The molecule has 0 aliphatic carbocycles. The first-order valence-corrected chi connectivity index (χ1v) is 7.02. The Morgan fingerprint density at radius 1 is 1.19 bits per heavy atom. The average molecular weight is 283 g/mol. The van der Waals surface area contributed by atoms with Crippen LogP contribution >= 0.6 is 0 Å². The highest BCUT2D eigenvalue weighted by molar-refractivity contribution is 5.82. The van der Waals surface area contributed by atoms with Crippen molar-refractivity contribution in [2.75, 3.05) is 5.73 Å². The van der Waals surface area contributed by atoms with Crippen LogP contribution in [-0.2, 0) is 0 Å². The third kappa shape index (κ3) is 2.17. The quantitative estimate of drug-likeness (QED) is 0.712. The fourth-order valence-corrected chi connectivity index (χ4v) is 2.68. The summed E-state index contributed by atoms with van der Waals surface area (Å²) in [4.78, 5) is 4.63. The van der Waals surface area contributed by atoms with Gasteiger partial charge in [0.2, 0.25) is 0 Å². The SMILES string of the molecule is Cc1c(N)cccc1-c1nc2cc(F)ccc2n1C(C)C. The number of benzene rings is 2. The van der Waals surface area contributed by atoms with Crippen molar-refractivity contribution in [1.29, 1.82) is 0 Å². The van der Waals surface area contributed by atoms with Crippen LogP contribution < -0.4 is 5.73 Å². The standard InChI is InChI=1S/C17H18FN3/c1-10(2)21-16-8-7-12(18)9-15(16)20-17(21)13-5-4-6-14(19)11(13)3/h4-10H,19H2,1-3H3. The van der Waals surface area contributed by atoms with Gasteiger partial charge in [-0.05, 0) is 44.5 Å². The van der Waals surface area contributed by atoms with Crippen LogP contribution in [-0.4, -0.2) is 9.55 Å². The van der Waals surface area contributed by atoms with Crippen LogP contribution in [0.5, 0.6) is 0 Å². The normalized spacial score (nSPS) is 11.5. The highest BCUT2D eigenvalue weighted by atomic mass is 19.1. The fourth-order valence-electron chi connectivity index (χ4n) is 2.68. The summed E-state index contributed by atoms with van der Waals surface area (Å²) < 4.78 is 15.6. The summed E-state index contributed by atoms with van der Waals surface area (Å²) >= 11 is 0. The molecule has 0 saturated heterocycles. The molecule has 0 aliphatic rings. The second-order valence-corrected chi connectivity index (χ2v) is 5.55. The van der Waals surface area contributed by atoms with Gasteiger partial charge in [0.25, 0.3) is 0 Å². The van der Waals surface area contributed by atoms with Crippen LogP contribution in [0.25, 0.3) is 22.4 Å². The Morgan fingerprint density at radius 2 is 1.95 bits per heavy atom. The largest absolute Gasteiger partial charge is 0.398 e. The van der Waals surface area contributed by atoms with E-state index in [2.05, 4.69) is 23.4 Å². The zero-order chi connectivity index (χ0) is 15.1. The maximum atomic E-state index is 13.5. The molecule has 0 atom stereocenters. The lowest BCUT2D eigenvalue weighted by Crippen LogP contribution is -2.04. The monoisotopic (exact) mass is 283 g/mol. The van der Waals surface area contributed by atoms with Crippen molar-refractivity contribution in [1.82, 2.24) is 9.55 Å². The Hall–Kier alpha value is -2.36. The minimum atomic E-state index is -0.272. The van der Waals surface area contributed by atoms with Crippen molar-refractivity contribution in [2.45, 2.75) is 26.8 Å². The highest BCUT2D eigenvalue weighted by Crippen LogP contribution is 2.32. The smallest absolute Gasteiger partial charge is 0.141 e. The molecule has 0 unspecified atom stereocenters. The third-order valence-electron chi connectivity index (χ3n) is 3.78. The van der Waals surface area contributed by atoms with Crippen molar-refractivity contribution in [3.05, 3.63) is 47.8 Å². The number of imidazole rings is 1. The van der Waals surface area contributed by atoms with Crippen LogP contribution in [0.15, 0.2) is 36.4 Å². The molecule has 0 fully saturated rings. The van der Waals surface area contributed by atoms with E-state index in [4.69, 9.17) is 5.73 Å². The number of hydrogen-bond acceptors (Lipinski definition) is 2. The van der Waals surface area contributed by atoms with Gasteiger partial charge in [-0.25, -0.2) is 9.37 Å².